The Morgan fingerprint density at radius 1 is 1.05 bits per heavy atom. The second-order valence-electron chi connectivity index (χ2n) is 5.15. The van der Waals surface area contributed by atoms with Crippen molar-refractivity contribution >= 4 is 10.9 Å². The maximum Gasteiger partial charge on any atom is 0.229 e. The molecule has 4 N–H and O–H groups in total. The van der Waals surface area contributed by atoms with E-state index in [1.54, 1.807) is 24.4 Å². The summed E-state index contributed by atoms with van der Waals surface area (Å²) in [5.74, 6) is 0.377. The van der Waals surface area contributed by atoms with E-state index < -0.39 is 37.3 Å². The highest BCUT2D eigenvalue weighted by atomic mass is 16.7. The molecule has 1 aliphatic heterocycles. The lowest BCUT2D eigenvalue weighted by Crippen LogP contribution is -2.60. The highest BCUT2D eigenvalue weighted by molar-refractivity contribution is 5.84. The zero-order valence-electron chi connectivity index (χ0n) is 11.6. The number of rotatable bonds is 3. The molecule has 2 heterocycles. The molecule has 7 heteroatoms. The van der Waals surface area contributed by atoms with Crippen LogP contribution < -0.4 is 4.74 Å². The molecule has 0 aliphatic carbocycles. The fraction of sp³-hybridized carbons (Fsp3) is 0.400. The number of aliphatic hydroxyl groups is 4. The van der Waals surface area contributed by atoms with E-state index in [0.717, 1.165) is 5.39 Å². The molecule has 0 saturated carbocycles. The molecule has 1 aromatic carbocycles. The molecule has 0 amide bonds. The second kappa shape index (κ2) is 6.15. The number of nitrogens with zero attached hydrogens (tertiary/aromatic N) is 1. The number of aliphatic hydroxyl groups excluding tert-OH is 4. The molecule has 22 heavy (non-hydrogen) atoms. The SMILES string of the molecule is OC[C@H]1O[C@H](Oc2cccc3cccnc23)[C@H](O)[C@@H](O)[C@H]1O. The van der Waals surface area contributed by atoms with E-state index >= 15 is 0 Å². The van der Waals surface area contributed by atoms with Crippen LogP contribution in [0.15, 0.2) is 36.5 Å². The van der Waals surface area contributed by atoms with Gasteiger partial charge in [-0.05, 0) is 12.1 Å². The average molecular weight is 307 g/mol. The lowest BCUT2D eigenvalue weighted by molar-refractivity contribution is -0.277. The number of hydrogen-bond acceptors (Lipinski definition) is 7. The topological polar surface area (TPSA) is 112 Å². The van der Waals surface area contributed by atoms with E-state index in [1.165, 1.54) is 0 Å². The summed E-state index contributed by atoms with van der Waals surface area (Å²) in [5, 5.41) is 39.5. The fourth-order valence-electron chi connectivity index (χ4n) is 2.46. The third kappa shape index (κ3) is 2.65. The van der Waals surface area contributed by atoms with Crippen LogP contribution in [0.5, 0.6) is 5.75 Å². The lowest BCUT2D eigenvalue weighted by Gasteiger charge is -2.39. The van der Waals surface area contributed by atoms with E-state index in [4.69, 9.17) is 9.47 Å². The maximum absolute atomic E-state index is 9.99. The molecule has 1 aliphatic rings. The fourth-order valence-corrected chi connectivity index (χ4v) is 2.46. The van der Waals surface area contributed by atoms with Gasteiger partial charge in [-0.2, -0.15) is 0 Å². The predicted octanol–water partition coefficient (Wildman–Crippen LogP) is -0.587. The van der Waals surface area contributed by atoms with Crippen molar-refractivity contribution in [3.8, 4) is 5.75 Å². The Morgan fingerprint density at radius 3 is 2.59 bits per heavy atom. The zero-order chi connectivity index (χ0) is 15.7. The van der Waals surface area contributed by atoms with Gasteiger partial charge in [-0.15, -0.1) is 0 Å². The van der Waals surface area contributed by atoms with Crippen molar-refractivity contribution in [1.29, 1.82) is 0 Å². The van der Waals surface area contributed by atoms with Crippen molar-refractivity contribution in [2.75, 3.05) is 6.61 Å². The summed E-state index contributed by atoms with van der Waals surface area (Å²) in [6, 6.07) is 8.95. The number of para-hydroxylation sites is 1. The van der Waals surface area contributed by atoms with Crippen LogP contribution in [-0.2, 0) is 4.74 Å². The van der Waals surface area contributed by atoms with Gasteiger partial charge >= 0.3 is 0 Å². The largest absolute Gasteiger partial charge is 0.460 e. The van der Waals surface area contributed by atoms with Gasteiger partial charge in [0.25, 0.3) is 0 Å². The van der Waals surface area contributed by atoms with Crippen molar-refractivity contribution in [2.45, 2.75) is 30.7 Å². The Morgan fingerprint density at radius 2 is 1.82 bits per heavy atom. The second-order valence-corrected chi connectivity index (χ2v) is 5.15. The minimum absolute atomic E-state index is 0.377. The van der Waals surface area contributed by atoms with Crippen LogP contribution in [0.1, 0.15) is 0 Å². The molecule has 3 rings (SSSR count). The van der Waals surface area contributed by atoms with Gasteiger partial charge in [0.15, 0.2) is 0 Å². The van der Waals surface area contributed by atoms with E-state index in [0.29, 0.717) is 11.3 Å². The summed E-state index contributed by atoms with van der Waals surface area (Å²) in [6.07, 6.45) is -4.95. The van der Waals surface area contributed by atoms with Gasteiger partial charge in [0, 0.05) is 11.6 Å². The molecule has 1 fully saturated rings. The van der Waals surface area contributed by atoms with Gasteiger partial charge in [0.05, 0.1) is 6.61 Å². The first kappa shape index (κ1) is 15.1. The lowest BCUT2D eigenvalue weighted by atomic mass is 9.99. The molecule has 0 radical (unpaired) electrons. The van der Waals surface area contributed by atoms with Gasteiger partial charge in [-0.3, -0.25) is 4.98 Å². The van der Waals surface area contributed by atoms with Crippen LogP contribution in [0.25, 0.3) is 10.9 Å². The van der Waals surface area contributed by atoms with Crippen LogP contribution in [0, 0.1) is 0 Å². The van der Waals surface area contributed by atoms with Gasteiger partial charge in [0.1, 0.15) is 35.7 Å². The first-order chi connectivity index (χ1) is 10.6. The number of hydrogen-bond donors (Lipinski definition) is 4. The number of benzene rings is 1. The third-order valence-corrected chi connectivity index (χ3v) is 3.69. The van der Waals surface area contributed by atoms with Crippen molar-refractivity contribution in [2.24, 2.45) is 0 Å². The van der Waals surface area contributed by atoms with Gasteiger partial charge in [0.2, 0.25) is 6.29 Å². The zero-order valence-corrected chi connectivity index (χ0v) is 11.6. The van der Waals surface area contributed by atoms with E-state index in [-0.39, 0.29) is 0 Å². The van der Waals surface area contributed by atoms with Crippen LogP contribution in [0.3, 0.4) is 0 Å². The molecular formula is C15H17NO6. The Kier molecular flexibility index (Phi) is 4.23. The molecular weight excluding hydrogens is 290 g/mol. The minimum atomic E-state index is -1.47. The third-order valence-electron chi connectivity index (χ3n) is 3.69. The summed E-state index contributed by atoms with van der Waals surface area (Å²) in [7, 11) is 0. The van der Waals surface area contributed by atoms with Crippen molar-refractivity contribution < 1.29 is 29.9 Å². The molecule has 1 aromatic heterocycles. The van der Waals surface area contributed by atoms with Gasteiger partial charge < -0.3 is 29.9 Å². The Labute approximate surface area is 126 Å². The number of ether oxygens (including phenoxy) is 2. The summed E-state index contributed by atoms with van der Waals surface area (Å²) in [5.41, 5.74) is 0.585. The van der Waals surface area contributed by atoms with Crippen LogP contribution in [0.4, 0.5) is 0 Å². The smallest absolute Gasteiger partial charge is 0.229 e. The van der Waals surface area contributed by atoms with Gasteiger partial charge in [-0.1, -0.05) is 18.2 Å². The highest BCUT2D eigenvalue weighted by Gasteiger charge is 2.44. The van der Waals surface area contributed by atoms with Crippen LogP contribution >= 0.6 is 0 Å². The monoisotopic (exact) mass is 307 g/mol. The number of pyridine rings is 1. The molecule has 2 aromatic rings. The quantitative estimate of drug-likeness (QED) is 0.600. The summed E-state index contributed by atoms with van der Waals surface area (Å²) in [4.78, 5) is 4.22. The maximum atomic E-state index is 9.99. The van der Waals surface area contributed by atoms with E-state index in [9.17, 15) is 20.4 Å². The summed E-state index contributed by atoms with van der Waals surface area (Å²) in [6.45, 7) is -0.501. The Balaban J connectivity index is 1.87. The molecule has 7 nitrogen and oxygen atoms in total. The summed E-state index contributed by atoms with van der Waals surface area (Å²) < 4.78 is 10.9. The normalized spacial score (nSPS) is 32.1. The molecule has 0 bridgehead atoms. The standard InChI is InChI=1S/C15H17NO6/c17-7-10-12(18)13(19)14(20)15(22-10)21-9-5-1-3-8-4-2-6-16-11(8)9/h1-6,10,12-15,17-20H,7H2/t10-,12+,13+,14-,15+/m1/s1. The van der Waals surface area contributed by atoms with Gasteiger partial charge in [-0.25, -0.2) is 0 Å². The van der Waals surface area contributed by atoms with Crippen molar-refractivity contribution in [1.82, 2.24) is 4.98 Å². The number of fused-ring (bicyclic) bond motifs is 1. The highest BCUT2D eigenvalue weighted by Crippen LogP contribution is 2.28. The van der Waals surface area contributed by atoms with Crippen molar-refractivity contribution in [3.05, 3.63) is 36.5 Å². The molecule has 0 unspecified atom stereocenters. The Hall–Kier alpha value is -1.77. The predicted molar refractivity (Wildman–Crippen MR) is 76.1 cm³/mol. The van der Waals surface area contributed by atoms with Crippen LogP contribution in [-0.4, -0.2) is 62.7 Å². The van der Waals surface area contributed by atoms with E-state index in [1.807, 2.05) is 12.1 Å². The molecule has 5 atom stereocenters. The average Bonchev–Trinajstić information content (AvgIpc) is 2.55. The minimum Gasteiger partial charge on any atom is -0.460 e. The summed E-state index contributed by atoms with van der Waals surface area (Å²) >= 11 is 0. The van der Waals surface area contributed by atoms with Crippen molar-refractivity contribution in [3.63, 3.8) is 0 Å². The number of aromatic nitrogens is 1. The molecule has 0 spiro atoms. The first-order valence-corrected chi connectivity index (χ1v) is 6.92. The van der Waals surface area contributed by atoms with E-state index in [2.05, 4.69) is 4.98 Å². The first-order valence-electron chi connectivity index (χ1n) is 6.92. The molecule has 1 saturated heterocycles. The molecule has 118 valence electrons. The van der Waals surface area contributed by atoms with Crippen LogP contribution in [0.2, 0.25) is 0 Å². The Bertz CT molecular complexity index is 643.